The molecule has 0 saturated carbocycles. The Morgan fingerprint density at radius 3 is 2.43 bits per heavy atom. The molecule has 6 atom stereocenters. The third-order valence-electron chi connectivity index (χ3n) is 11.6. The van der Waals surface area contributed by atoms with Crippen molar-refractivity contribution in [2.45, 2.75) is 68.7 Å². The number of aryl methyl sites for hydroxylation is 1. The highest BCUT2D eigenvalue weighted by Gasteiger charge is 2.70. The van der Waals surface area contributed by atoms with E-state index in [-0.39, 0.29) is 54.0 Å². The lowest BCUT2D eigenvalue weighted by Crippen LogP contribution is -2.60. The van der Waals surface area contributed by atoms with Crippen molar-refractivity contribution in [1.29, 1.82) is 0 Å². The Bertz CT molecular complexity index is 2330. The summed E-state index contributed by atoms with van der Waals surface area (Å²) < 4.78 is 12.8. The van der Waals surface area contributed by atoms with Crippen molar-refractivity contribution >= 4 is 45.9 Å². The van der Waals surface area contributed by atoms with Crippen molar-refractivity contribution in [3.63, 3.8) is 0 Å². The number of rotatable bonds is 12. The Morgan fingerprint density at radius 1 is 0.929 bits per heavy atom. The lowest BCUT2D eigenvalue weighted by Gasteiger charge is -2.45. The van der Waals surface area contributed by atoms with Crippen LogP contribution in [0.2, 0.25) is 5.02 Å². The Kier molecular flexibility index (Phi) is 10.3. The summed E-state index contributed by atoms with van der Waals surface area (Å²) in [5.41, 5.74) is 5.13. The summed E-state index contributed by atoms with van der Waals surface area (Å²) in [6, 6.07) is 27.7. The van der Waals surface area contributed by atoms with E-state index >= 15 is 0 Å². The van der Waals surface area contributed by atoms with E-state index in [1.54, 1.807) is 24.3 Å². The number of piperidine rings is 1. The highest BCUT2D eigenvalue weighted by atomic mass is 35.5. The minimum atomic E-state index is -0.904. The van der Waals surface area contributed by atoms with Crippen LogP contribution in [-0.2, 0) is 27.2 Å². The standard InChI is InChI=1S/C43H44ClN5O7/c1-49(2)34-20-27(21-35(49)42-41(34)56-42)55-43(54)47-33-19-24(8-11-28(33)26-6-4-3-5-7-26)10-16-38(52)46-32-14-9-25(18-31(32)44)22-45-23-37(51)29-12-15-36(50)40-30(29)13-17-39(53)48-40/h3-9,11-15,17-19,27,34-35,37,41-42,45,51H,10,16,20-23H2,1-2H3,(H3-,46,47,48,50,52,53,54)/p+1/t27-,34-,35+,37-,41-,42+/m0/s1. The predicted octanol–water partition coefficient (Wildman–Crippen LogP) is 6.25. The molecule has 13 heteroatoms. The largest absolute Gasteiger partial charge is 0.506 e. The molecule has 3 saturated heterocycles. The Hall–Kier alpha value is -5.24. The van der Waals surface area contributed by atoms with Gasteiger partial charge >= 0.3 is 6.09 Å². The number of aliphatic hydroxyl groups is 1. The third kappa shape index (κ3) is 7.75. The number of aliphatic hydroxyl groups excluding tert-OH is 1. The molecule has 3 aliphatic rings. The van der Waals surface area contributed by atoms with Crippen LogP contribution >= 0.6 is 11.6 Å². The highest BCUT2D eigenvalue weighted by molar-refractivity contribution is 6.33. The van der Waals surface area contributed by atoms with Crippen LogP contribution < -0.4 is 21.5 Å². The number of anilines is 2. The van der Waals surface area contributed by atoms with Gasteiger partial charge in [-0.3, -0.25) is 14.9 Å². The van der Waals surface area contributed by atoms with Gasteiger partial charge in [-0.1, -0.05) is 66.2 Å². The number of hydrogen-bond acceptors (Lipinski definition) is 8. The predicted molar refractivity (Wildman–Crippen MR) is 215 cm³/mol. The Morgan fingerprint density at radius 2 is 1.68 bits per heavy atom. The van der Waals surface area contributed by atoms with Crippen molar-refractivity contribution in [2.24, 2.45) is 0 Å². The molecular formula is C43H45ClN5O7+. The maximum atomic E-state index is 13.3. The second-order valence-electron chi connectivity index (χ2n) is 15.5. The number of epoxide rings is 1. The second-order valence-corrected chi connectivity index (χ2v) is 15.9. The molecule has 4 aromatic carbocycles. The molecule has 2 bridgehead atoms. The number of morpholine rings is 1. The van der Waals surface area contributed by atoms with Crippen molar-refractivity contribution < 1.29 is 33.8 Å². The topological polar surface area (TPSA) is 165 Å². The zero-order valence-corrected chi connectivity index (χ0v) is 31.9. The summed E-state index contributed by atoms with van der Waals surface area (Å²) in [5, 5.41) is 31.1. The summed E-state index contributed by atoms with van der Waals surface area (Å²) in [7, 11) is 4.49. The van der Waals surface area contributed by atoms with Crippen LogP contribution in [0.1, 0.15) is 42.1 Å². The van der Waals surface area contributed by atoms with E-state index in [1.165, 1.54) is 12.1 Å². The summed E-state index contributed by atoms with van der Waals surface area (Å²) in [6.07, 6.45) is 1.15. The fraction of sp³-hybridized carbons (Fsp3) is 0.326. The van der Waals surface area contributed by atoms with E-state index in [2.05, 4.69) is 35.0 Å². The fourth-order valence-electron chi connectivity index (χ4n) is 8.57. The van der Waals surface area contributed by atoms with E-state index < -0.39 is 12.2 Å². The number of likely N-dealkylation sites (N-methyl/N-ethyl adjacent to an activating group) is 1. The molecule has 3 aliphatic heterocycles. The number of nitrogens with one attached hydrogen (secondary N) is 4. The summed E-state index contributed by atoms with van der Waals surface area (Å²) in [5.74, 6) is -0.279. The molecular weight excluding hydrogens is 734 g/mol. The molecule has 3 fully saturated rings. The number of pyridine rings is 1. The number of aromatic hydroxyl groups is 1. The van der Waals surface area contributed by atoms with Gasteiger partial charge in [0.1, 0.15) is 36.1 Å². The van der Waals surface area contributed by atoms with Crippen molar-refractivity contribution in [3.8, 4) is 16.9 Å². The number of benzene rings is 4. The van der Waals surface area contributed by atoms with Crippen molar-refractivity contribution in [1.82, 2.24) is 10.3 Å². The summed E-state index contributed by atoms with van der Waals surface area (Å²) in [6.45, 7) is 0.603. The number of hydrogen-bond donors (Lipinski definition) is 6. The van der Waals surface area contributed by atoms with Gasteiger partial charge in [-0.25, -0.2) is 4.79 Å². The number of phenolic OH excluding ortho intramolecular Hbond substituents is 1. The van der Waals surface area contributed by atoms with E-state index in [4.69, 9.17) is 21.1 Å². The average Bonchev–Trinajstić information content (AvgIpc) is 3.95. The molecule has 290 valence electrons. The number of halogens is 1. The van der Waals surface area contributed by atoms with Crippen molar-refractivity contribution in [2.75, 3.05) is 31.3 Å². The minimum absolute atomic E-state index is 0.0706. The maximum absolute atomic E-state index is 13.3. The number of H-pyrrole nitrogens is 1. The molecule has 0 unspecified atom stereocenters. The smallest absolute Gasteiger partial charge is 0.411 e. The number of aromatic amines is 1. The first kappa shape index (κ1) is 37.7. The number of carbonyl (C=O) groups is 2. The third-order valence-corrected chi connectivity index (χ3v) is 11.9. The van der Waals surface area contributed by atoms with Gasteiger partial charge in [0.15, 0.2) is 0 Å². The normalized spacial score (nSPS) is 22.2. The van der Waals surface area contributed by atoms with Crippen LogP contribution in [0.4, 0.5) is 16.2 Å². The van der Waals surface area contributed by atoms with Crippen LogP contribution in [0.15, 0.2) is 95.8 Å². The number of nitrogens with zero attached hydrogens (tertiary/aromatic N) is 1. The van der Waals surface area contributed by atoms with Gasteiger partial charge in [0.05, 0.1) is 42.1 Å². The quantitative estimate of drug-likeness (QED) is 0.0639. The molecule has 0 spiro atoms. The first-order valence-electron chi connectivity index (χ1n) is 18.9. The van der Waals surface area contributed by atoms with Crippen molar-refractivity contribution in [3.05, 3.63) is 123 Å². The van der Waals surface area contributed by atoms with Crippen LogP contribution in [0, 0.1) is 0 Å². The number of fused-ring (bicyclic) bond motifs is 6. The Balaban J connectivity index is 0.856. The highest BCUT2D eigenvalue weighted by Crippen LogP contribution is 2.51. The lowest BCUT2D eigenvalue weighted by atomic mass is 9.96. The zero-order chi connectivity index (χ0) is 39.1. The lowest BCUT2D eigenvalue weighted by molar-refractivity contribution is -0.938. The van der Waals surface area contributed by atoms with E-state index in [1.807, 2.05) is 54.6 Å². The first-order valence-corrected chi connectivity index (χ1v) is 19.3. The molecule has 0 radical (unpaired) electrons. The SMILES string of the molecule is C[N+]1(C)[C@@H]2C[C@@H](OC(=O)Nc3cc(CCC(=O)Nc4ccc(CNC[C@H](O)c5ccc(O)c6[nH]c(=O)ccc56)cc4Cl)ccc3-c3ccccc3)C[C@H]1[C@@H]1O[C@@H]12. The van der Waals surface area contributed by atoms with Gasteiger partial charge in [0.2, 0.25) is 11.5 Å². The van der Waals surface area contributed by atoms with E-state index in [0.29, 0.717) is 52.4 Å². The number of aromatic nitrogens is 1. The van der Waals surface area contributed by atoms with Gasteiger partial charge < -0.3 is 39.8 Å². The molecule has 1 aromatic heterocycles. The van der Waals surface area contributed by atoms with Gasteiger partial charge in [-0.2, -0.15) is 0 Å². The van der Waals surface area contributed by atoms with E-state index in [9.17, 15) is 24.6 Å². The second kappa shape index (κ2) is 15.4. The Labute approximate surface area is 329 Å². The number of phenols is 1. The van der Waals surface area contributed by atoms with Crippen LogP contribution in [0.25, 0.3) is 22.0 Å². The monoisotopic (exact) mass is 778 g/mol. The maximum Gasteiger partial charge on any atom is 0.411 e. The van der Waals surface area contributed by atoms with E-state index in [0.717, 1.165) is 39.6 Å². The fourth-order valence-corrected chi connectivity index (χ4v) is 8.82. The molecule has 4 heterocycles. The van der Waals surface area contributed by atoms with Crippen LogP contribution in [0.5, 0.6) is 5.75 Å². The summed E-state index contributed by atoms with van der Waals surface area (Å²) >= 11 is 6.57. The van der Waals surface area contributed by atoms with Crippen LogP contribution in [0.3, 0.4) is 0 Å². The number of carbonyl (C=O) groups excluding carboxylic acids is 2. The molecule has 6 N–H and O–H groups in total. The summed E-state index contributed by atoms with van der Waals surface area (Å²) in [4.78, 5) is 40.8. The molecule has 0 aliphatic carbocycles. The molecule has 8 rings (SSSR count). The number of ether oxygens (including phenoxy) is 2. The number of amides is 2. The molecule has 56 heavy (non-hydrogen) atoms. The van der Waals surface area contributed by atoms with Gasteiger partial charge in [-0.05, 0) is 59.0 Å². The van der Waals surface area contributed by atoms with Crippen LogP contribution in [-0.4, -0.2) is 82.7 Å². The van der Waals surface area contributed by atoms with Gasteiger partial charge in [-0.15, -0.1) is 0 Å². The average molecular weight is 779 g/mol. The zero-order valence-electron chi connectivity index (χ0n) is 31.1. The number of quaternary nitrogens is 1. The molecule has 2 amide bonds. The minimum Gasteiger partial charge on any atom is -0.506 e. The molecule has 12 nitrogen and oxygen atoms in total. The van der Waals surface area contributed by atoms with Gasteiger partial charge in [0.25, 0.3) is 0 Å². The first-order chi connectivity index (χ1) is 26.9. The van der Waals surface area contributed by atoms with Gasteiger partial charge in [0, 0.05) is 49.4 Å². The molecule has 5 aromatic rings.